The molecule has 0 aromatic heterocycles. The molecule has 1 heterocycles. The number of piperidine rings is 1. The molecule has 1 spiro atoms. The average molecular weight is 452 g/mol. The van der Waals surface area contributed by atoms with Crippen molar-refractivity contribution in [2.24, 2.45) is 34.5 Å². The van der Waals surface area contributed by atoms with E-state index in [-0.39, 0.29) is 30.3 Å². The quantitative estimate of drug-likeness (QED) is 0.410. The van der Waals surface area contributed by atoms with Gasteiger partial charge in [0.15, 0.2) is 0 Å². The Hall–Kier alpha value is -0.580. The Morgan fingerprint density at radius 1 is 1.12 bits per heavy atom. The van der Waals surface area contributed by atoms with E-state index in [0.29, 0.717) is 26.1 Å². The van der Waals surface area contributed by atoms with Gasteiger partial charge in [-0.05, 0) is 18.9 Å². The smallest absolute Gasteiger partial charge is 0.136 e. The van der Waals surface area contributed by atoms with Gasteiger partial charge in [-0.25, -0.2) is 0 Å². The second kappa shape index (κ2) is 6.55. The van der Waals surface area contributed by atoms with E-state index >= 15 is 0 Å². The van der Waals surface area contributed by atoms with Crippen LogP contribution in [-0.4, -0.2) is 108 Å². The van der Waals surface area contributed by atoms with Crippen molar-refractivity contribution < 1.29 is 34.6 Å². The van der Waals surface area contributed by atoms with Gasteiger partial charge in [0, 0.05) is 62.9 Å². The third-order valence-electron chi connectivity index (χ3n) is 10.8. The van der Waals surface area contributed by atoms with Crippen LogP contribution in [0.25, 0.3) is 0 Å². The van der Waals surface area contributed by atoms with Gasteiger partial charge in [-0.2, -0.15) is 0 Å². The lowest BCUT2D eigenvalue weighted by atomic mass is 9.44. The molecule has 6 aliphatic rings. The molecule has 5 aliphatic carbocycles. The highest BCUT2D eigenvalue weighted by Gasteiger charge is 2.90. The molecule has 8 heteroatoms. The minimum Gasteiger partial charge on any atom is -0.392 e. The van der Waals surface area contributed by atoms with Crippen LogP contribution in [0.5, 0.6) is 0 Å². The molecule has 0 unspecified atom stereocenters. The van der Waals surface area contributed by atoms with Crippen molar-refractivity contribution in [3.05, 3.63) is 12.2 Å². The van der Waals surface area contributed by atoms with E-state index in [1.54, 1.807) is 21.3 Å². The lowest BCUT2D eigenvalue weighted by molar-refractivity contribution is -0.310. The molecule has 4 N–H and O–H groups in total. The zero-order valence-corrected chi connectivity index (χ0v) is 19.3. The van der Waals surface area contributed by atoms with Crippen molar-refractivity contribution in [1.29, 1.82) is 0 Å². The normalized spacial score (nSPS) is 61.9. The maximum absolute atomic E-state index is 12.8. The van der Waals surface area contributed by atoms with E-state index in [1.165, 1.54) is 0 Å². The number of hydrogen-bond donors (Lipinski definition) is 4. The molecule has 1 aliphatic heterocycles. The number of aliphatic hydroxyl groups is 4. The summed E-state index contributed by atoms with van der Waals surface area (Å²) in [6, 6.07) is -0.493. The highest BCUT2D eigenvalue weighted by atomic mass is 16.5. The summed E-state index contributed by atoms with van der Waals surface area (Å²) >= 11 is 0. The predicted octanol–water partition coefficient (Wildman–Crippen LogP) is -0.607. The van der Waals surface area contributed by atoms with Gasteiger partial charge in [-0.1, -0.05) is 19.1 Å². The zero-order chi connectivity index (χ0) is 22.8. The monoisotopic (exact) mass is 451 g/mol. The summed E-state index contributed by atoms with van der Waals surface area (Å²) < 4.78 is 17.6. The van der Waals surface area contributed by atoms with Gasteiger partial charge in [0.25, 0.3) is 0 Å². The molecule has 7 bridgehead atoms. The fourth-order valence-corrected chi connectivity index (χ4v) is 10.2. The molecule has 180 valence electrons. The van der Waals surface area contributed by atoms with Crippen molar-refractivity contribution in [2.75, 3.05) is 41.0 Å². The van der Waals surface area contributed by atoms with Gasteiger partial charge in [0.05, 0.1) is 37.1 Å². The van der Waals surface area contributed by atoms with Crippen LogP contribution in [0.1, 0.15) is 19.8 Å². The first-order valence-corrected chi connectivity index (χ1v) is 12.0. The Morgan fingerprint density at radius 2 is 1.88 bits per heavy atom. The van der Waals surface area contributed by atoms with Gasteiger partial charge >= 0.3 is 0 Å². The highest BCUT2D eigenvalue weighted by molar-refractivity contribution is 5.44. The summed E-state index contributed by atoms with van der Waals surface area (Å²) in [6.07, 6.45) is 2.16. The van der Waals surface area contributed by atoms with Crippen molar-refractivity contribution in [1.82, 2.24) is 4.90 Å². The Bertz CT molecular complexity index is 839. The maximum Gasteiger partial charge on any atom is 0.136 e. The third-order valence-corrected chi connectivity index (χ3v) is 10.8. The second-order valence-corrected chi connectivity index (χ2v) is 11.3. The van der Waals surface area contributed by atoms with Crippen molar-refractivity contribution >= 4 is 0 Å². The van der Waals surface area contributed by atoms with Crippen LogP contribution in [0.15, 0.2) is 12.2 Å². The van der Waals surface area contributed by atoms with Gasteiger partial charge in [-0.3, -0.25) is 4.90 Å². The molecular formula is C24H37NO7. The van der Waals surface area contributed by atoms with E-state index in [0.717, 1.165) is 0 Å². The standard InChI is InChI=1S/C24H37NO7/c1-5-25-10-21(11-30-2)7-6-15(26)23-13-8-12-14(31-3)9-22(28,16(13)17(12)27)24(29,20(23)25)19(32-4)18(21)23/h6-7,12-20,26-29H,5,8-11H2,1-4H3/t12-,13-,14+,15+,16-,17+,18-,19+,20+,21+,22-,23+,24-/m1/s1. The molecule has 4 saturated carbocycles. The SMILES string of the molecule is CCN1C[C@]2(COC)C=C[C@H](O)[C@@]34[C@@H]5C[C@H]6[C@H](O)[C@@H]5[C@](O)(C[C@@H]6OC)[C@@](O)([C@@H](OC)[C@H]23)[C@@H]14. The van der Waals surface area contributed by atoms with Gasteiger partial charge in [0.1, 0.15) is 11.2 Å². The first kappa shape index (κ1) is 21.9. The topological polar surface area (TPSA) is 112 Å². The van der Waals surface area contributed by atoms with E-state index in [4.69, 9.17) is 14.2 Å². The van der Waals surface area contributed by atoms with Crippen LogP contribution in [-0.2, 0) is 14.2 Å². The van der Waals surface area contributed by atoms with Crippen LogP contribution in [0.3, 0.4) is 0 Å². The fourth-order valence-electron chi connectivity index (χ4n) is 10.2. The molecule has 13 atom stereocenters. The van der Waals surface area contributed by atoms with Gasteiger partial charge in [-0.15, -0.1) is 0 Å². The number of fused-ring (bicyclic) bond motifs is 2. The number of nitrogens with zero attached hydrogens (tertiary/aromatic N) is 1. The maximum atomic E-state index is 12.8. The summed E-state index contributed by atoms with van der Waals surface area (Å²) in [5.74, 6) is -1.08. The first-order chi connectivity index (χ1) is 15.2. The molecule has 0 radical (unpaired) electrons. The summed E-state index contributed by atoms with van der Waals surface area (Å²) in [6.45, 7) is 3.82. The van der Waals surface area contributed by atoms with Crippen LogP contribution >= 0.6 is 0 Å². The number of likely N-dealkylation sites (N-methyl/N-ethyl adjacent to an activating group) is 1. The number of rotatable bonds is 5. The number of aliphatic hydroxyl groups excluding tert-OH is 2. The molecule has 6 rings (SSSR count). The molecular weight excluding hydrogens is 414 g/mol. The number of likely N-dealkylation sites (tertiary alicyclic amines) is 1. The summed E-state index contributed by atoms with van der Waals surface area (Å²) in [7, 11) is 4.88. The van der Waals surface area contributed by atoms with Crippen molar-refractivity contribution in [2.45, 2.75) is 61.4 Å². The van der Waals surface area contributed by atoms with E-state index in [9.17, 15) is 20.4 Å². The Balaban J connectivity index is 1.68. The number of ether oxygens (including phenoxy) is 3. The fraction of sp³-hybridized carbons (Fsp3) is 0.917. The Kier molecular flexibility index (Phi) is 4.48. The summed E-state index contributed by atoms with van der Waals surface area (Å²) in [5, 5.41) is 48.4. The molecule has 32 heavy (non-hydrogen) atoms. The highest BCUT2D eigenvalue weighted by Crippen LogP contribution is 2.79. The third kappa shape index (κ3) is 1.95. The molecule has 5 fully saturated rings. The lowest BCUT2D eigenvalue weighted by Crippen LogP contribution is -2.81. The van der Waals surface area contributed by atoms with E-state index in [2.05, 4.69) is 17.9 Å². The minimum atomic E-state index is -1.67. The largest absolute Gasteiger partial charge is 0.392 e. The van der Waals surface area contributed by atoms with Crippen LogP contribution in [0.4, 0.5) is 0 Å². The molecule has 0 aromatic rings. The predicted molar refractivity (Wildman–Crippen MR) is 114 cm³/mol. The summed E-state index contributed by atoms with van der Waals surface area (Å²) in [5.41, 5.74) is -4.48. The Labute approximate surface area is 189 Å². The van der Waals surface area contributed by atoms with Crippen LogP contribution < -0.4 is 0 Å². The summed E-state index contributed by atoms with van der Waals surface area (Å²) in [4.78, 5) is 2.23. The van der Waals surface area contributed by atoms with Crippen molar-refractivity contribution in [3.8, 4) is 0 Å². The zero-order valence-electron chi connectivity index (χ0n) is 19.3. The van der Waals surface area contributed by atoms with E-state index < -0.39 is 52.3 Å². The minimum absolute atomic E-state index is 0.126. The van der Waals surface area contributed by atoms with Crippen LogP contribution in [0, 0.1) is 34.5 Å². The lowest BCUT2D eigenvalue weighted by Gasteiger charge is -2.68. The number of methoxy groups -OCH3 is 3. The number of hydrogen-bond acceptors (Lipinski definition) is 8. The molecule has 0 aromatic carbocycles. The van der Waals surface area contributed by atoms with Gasteiger partial charge < -0.3 is 34.6 Å². The second-order valence-electron chi connectivity index (χ2n) is 11.3. The molecule has 0 amide bonds. The molecule has 8 nitrogen and oxygen atoms in total. The molecule has 1 saturated heterocycles. The van der Waals surface area contributed by atoms with Gasteiger partial charge in [0.2, 0.25) is 0 Å². The van der Waals surface area contributed by atoms with Crippen molar-refractivity contribution in [3.63, 3.8) is 0 Å². The average Bonchev–Trinajstić information content (AvgIpc) is 3.14. The van der Waals surface area contributed by atoms with E-state index in [1.807, 2.05) is 6.08 Å². The first-order valence-electron chi connectivity index (χ1n) is 12.0. The van der Waals surface area contributed by atoms with Crippen LogP contribution in [0.2, 0.25) is 0 Å². The Morgan fingerprint density at radius 3 is 2.50 bits per heavy atom.